The van der Waals surface area contributed by atoms with Crippen LogP contribution in [0.1, 0.15) is 11.1 Å². The third-order valence-corrected chi connectivity index (χ3v) is 4.41. The van der Waals surface area contributed by atoms with Crippen molar-refractivity contribution in [3.63, 3.8) is 0 Å². The van der Waals surface area contributed by atoms with E-state index >= 15 is 0 Å². The van der Waals surface area contributed by atoms with Gasteiger partial charge in [-0.2, -0.15) is 0 Å². The first-order chi connectivity index (χ1) is 10.2. The van der Waals surface area contributed by atoms with Crippen molar-refractivity contribution in [2.75, 3.05) is 0 Å². The summed E-state index contributed by atoms with van der Waals surface area (Å²) >= 11 is 3.64. The molecule has 0 aliphatic heterocycles. The number of fused-ring (bicyclic) bond motifs is 1. The molecule has 2 nitrogen and oxygen atoms in total. The molecule has 0 atom stereocenters. The van der Waals surface area contributed by atoms with Crippen molar-refractivity contribution in [3.05, 3.63) is 70.2 Å². The number of hydrogen-bond acceptors (Lipinski definition) is 2. The molecule has 0 aliphatic rings. The summed E-state index contributed by atoms with van der Waals surface area (Å²) in [5.74, 6) is 1.63. The number of ether oxygens (including phenoxy) is 1. The van der Waals surface area contributed by atoms with Crippen LogP contribution in [-0.4, -0.2) is 0 Å². The zero-order chi connectivity index (χ0) is 14.8. The van der Waals surface area contributed by atoms with Gasteiger partial charge in [-0.3, -0.25) is 0 Å². The molecule has 3 aromatic carbocycles. The Labute approximate surface area is 132 Å². The van der Waals surface area contributed by atoms with Crippen LogP contribution in [0.3, 0.4) is 0 Å². The second kappa shape index (κ2) is 5.88. The maximum atomic E-state index is 6.01. The summed E-state index contributed by atoms with van der Waals surface area (Å²) in [4.78, 5) is 0. The molecule has 0 saturated heterocycles. The molecular weight excluding hydrogens is 326 g/mol. The van der Waals surface area contributed by atoms with Crippen LogP contribution >= 0.6 is 15.9 Å². The lowest BCUT2D eigenvalue weighted by molar-refractivity contribution is 0.480. The molecule has 0 amide bonds. The van der Waals surface area contributed by atoms with E-state index in [1.807, 2.05) is 43.3 Å². The first-order valence-corrected chi connectivity index (χ1v) is 7.63. The highest BCUT2D eigenvalue weighted by Crippen LogP contribution is 2.36. The average Bonchev–Trinajstić information content (AvgIpc) is 2.51. The van der Waals surface area contributed by atoms with Crippen LogP contribution in [0.15, 0.2) is 59.1 Å². The van der Waals surface area contributed by atoms with Crippen LogP contribution in [0.4, 0.5) is 0 Å². The molecule has 0 spiro atoms. The molecule has 3 aromatic rings. The van der Waals surface area contributed by atoms with Gasteiger partial charge in [-0.25, -0.2) is 0 Å². The Bertz CT molecular complexity index is 798. The molecule has 3 heteroatoms. The van der Waals surface area contributed by atoms with E-state index in [9.17, 15) is 0 Å². The highest BCUT2D eigenvalue weighted by Gasteiger charge is 2.08. The van der Waals surface area contributed by atoms with E-state index in [1.165, 1.54) is 5.39 Å². The third kappa shape index (κ3) is 2.80. The Hall–Kier alpha value is -1.84. The zero-order valence-electron chi connectivity index (χ0n) is 11.8. The van der Waals surface area contributed by atoms with Gasteiger partial charge >= 0.3 is 0 Å². The average molecular weight is 342 g/mol. The Kier molecular flexibility index (Phi) is 3.95. The van der Waals surface area contributed by atoms with Gasteiger partial charge in [0, 0.05) is 6.54 Å². The van der Waals surface area contributed by atoms with Gasteiger partial charge in [-0.1, -0.05) is 36.4 Å². The molecule has 0 fully saturated rings. The quantitative estimate of drug-likeness (QED) is 0.713. The Balaban J connectivity index is 1.98. The van der Waals surface area contributed by atoms with Gasteiger partial charge in [0.1, 0.15) is 11.5 Å². The highest BCUT2D eigenvalue weighted by atomic mass is 79.9. The van der Waals surface area contributed by atoms with Gasteiger partial charge in [0.25, 0.3) is 0 Å². The molecule has 106 valence electrons. The van der Waals surface area contributed by atoms with Crippen molar-refractivity contribution in [2.24, 2.45) is 5.73 Å². The van der Waals surface area contributed by atoms with Gasteiger partial charge in [0.15, 0.2) is 0 Å². The molecule has 21 heavy (non-hydrogen) atoms. The van der Waals surface area contributed by atoms with Crippen molar-refractivity contribution in [2.45, 2.75) is 13.5 Å². The smallest absolute Gasteiger partial charge is 0.142 e. The van der Waals surface area contributed by atoms with Crippen molar-refractivity contribution >= 4 is 26.7 Å². The van der Waals surface area contributed by atoms with Gasteiger partial charge in [-0.15, -0.1) is 0 Å². The molecule has 0 radical (unpaired) electrons. The summed E-state index contributed by atoms with van der Waals surface area (Å²) in [5.41, 5.74) is 7.98. The number of hydrogen-bond donors (Lipinski definition) is 1. The van der Waals surface area contributed by atoms with Gasteiger partial charge < -0.3 is 10.5 Å². The molecule has 0 aliphatic carbocycles. The van der Waals surface area contributed by atoms with E-state index < -0.39 is 0 Å². The van der Waals surface area contributed by atoms with E-state index in [0.717, 1.165) is 32.5 Å². The lowest BCUT2D eigenvalue weighted by Gasteiger charge is -2.12. The minimum absolute atomic E-state index is 0.547. The molecule has 0 unspecified atom stereocenters. The first kappa shape index (κ1) is 14.1. The fourth-order valence-electron chi connectivity index (χ4n) is 2.38. The van der Waals surface area contributed by atoms with E-state index in [-0.39, 0.29) is 0 Å². The predicted molar refractivity (Wildman–Crippen MR) is 90.8 cm³/mol. The number of rotatable bonds is 3. The topological polar surface area (TPSA) is 35.2 Å². The Morgan fingerprint density at radius 1 is 1.05 bits per heavy atom. The predicted octanol–water partition coefficient (Wildman–Crippen LogP) is 5.16. The lowest BCUT2D eigenvalue weighted by Crippen LogP contribution is -1.99. The van der Waals surface area contributed by atoms with Crippen LogP contribution in [0.2, 0.25) is 0 Å². The van der Waals surface area contributed by atoms with E-state index in [1.54, 1.807) is 0 Å². The summed E-state index contributed by atoms with van der Waals surface area (Å²) in [5, 5.41) is 2.33. The number of aryl methyl sites for hydroxylation is 1. The minimum atomic E-state index is 0.547. The number of nitrogens with two attached hydrogens (primary N) is 1. The highest BCUT2D eigenvalue weighted by molar-refractivity contribution is 9.10. The van der Waals surface area contributed by atoms with Gasteiger partial charge in [0.05, 0.1) is 4.47 Å². The molecule has 0 bridgehead atoms. The largest absolute Gasteiger partial charge is 0.456 e. The minimum Gasteiger partial charge on any atom is -0.456 e. The normalized spacial score (nSPS) is 10.8. The van der Waals surface area contributed by atoms with E-state index in [0.29, 0.717) is 6.54 Å². The van der Waals surface area contributed by atoms with Crippen molar-refractivity contribution in [1.29, 1.82) is 0 Å². The van der Waals surface area contributed by atoms with Crippen molar-refractivity contribution in [1.82, 2.24) is 0 Å². The lowest BCUT2D eigenvalue weighted by atomic mass is 10.1. The standard InChI is InChI=1S/C18H16BrNO/c1-12-10-15(8-6-14(12)11-20)21-17-9-7-13-4-2-3-5-16(13)18(17)19/h2-10H,11,20H2,1H3. The van der Waals surface area contributed by atoms with Crippen molar-refractivity contribution in [3.8, 4) is 11.5 Å². The van der Waals surface area contributed by atoms with Crippen LogP contribution in [0.5, 0.6) is 11.5 Å². The van der Waals surface area contributed by atoms with Crippen LogP contribution in [-0.2, 0) is 6.54 Å². The molecule has 2 N–H and O–H groups in total. The summed E-state index contributed by atoms with van der Waals surface area (Å²) in [6, 6.07) is 18.3. The molecule has 0 heterocycles. The van der Waals surface area contributed by atoms with Gasteiger partial charge in [-0.05, 0) is 63.0 Å². The number of halogens is 1. The maximum Gasteiger partial charge on any atom is 0.142 e. The fraction of sp³-hybridized carbons (Fsp3) is 0.111. The van der Waals surface area contributed by atoms with E-state index in [4.69, 9.17) is 10.5 Å². The first-order valence-electron chi connectivity index (χ1n) is 6.84. The second-order valence-corrected chi connectivity index (χ2v) is 5.79. The SMILES string of the molecule is Cc1cc(Oc2ccc3ccccc3c2Br)ccc1CN. The van der Waals surface area contributed by atoms with Gasteiger partial charge in [0.2, 0.25) is 0 Å². The summed E-state index contributed by atoms with van der Waals surface area (Å²) < 4.78 is 6.98. The Morgan fingerprint density at radius 2 is 1.86 bits per heavy atom. The van der Waals surface area contributed by atoms with E-state index in [2.05, 4.69) is 34.1 Å². The summed E-state index contributed by atoms with van der Waals surface area (Å²) in [7, 11) is 0. The molecule has 3 rings (SSSR count). The van der Waals surface area contributed by atoms with Crippen molar-refractivity contribution < 1.29 is 4.74 Å². The van der Waals surface area contributed by atoms with Crippen LogP contribution in [0, 0.1) is 6.92 Å². The summed E-state index contributed by atoms with van der Waals surface area (Å²) in [6.45, 7) is 2.59. The molecular formula is C18H16BrNO. The number of benzene rings is 3. The fourth-order valence-corrected chi connectivity index (χ4v) is 2.95. The maximum absolute atomic E-state index is 6.01. The monoisotopic (exact) mass is 341 g/mol. The van der Waals surface area contributed by atoms with Crippen LogP contribution < -0.4 is 10.5 Å². The van der Waals surface area contributed by atoms with Crippen LogP contribution in [0.25, 0.3) is 10.8 Å². The molecule has 0 aromatic heterocycles. The Morgan fingerprint density at radius 3 is 2.62 bits per heavy atom. The zero-order valence-corrected chi connectivity index (χ0v) is 13.4. The molecule has 0 saturated carbocycles. The summed E-state index contributed by atoms with van der Waals surface area (Å²) in [6.07, 6.45) is 0. The third-order valence-electron chi connectivity index (χ3n) is 3.59. The second-order valence-electron chi connectivity index (χ2n) is 4.99.